The highest BCUT2D eigenvalue weighted by Gasteiger charge is 2.47. The number of methoxy groups -OCH3 is 3. The van der Waals surface area contributed by atoms with E-state index in [1.807, 2.05) is 13.8 Å². The van der Waals surface area contributed by atoms with Crippen LogP contribution in [0.4, 0.5) is 0 Å². The largest absolute Gasteiger partial charge is 0.507 e. The van der Waals surface area contributed by atoms with Gasteiger partial charge in [0.15, 0.2) is 0 Å². The van der Waals surface area contributed by atoms with E-state index in [4.69, 9.17) is 18.9 Å². The number of amides is 1. The minimum atomic E-state index is -0.831. The van der Waals surface area contributed by atoms with Crippen LogP contribution in [0.2, 0.25) is 0 Å². The summed E-state index contributed by atoms with van der Waals surface area (Å²) in [5.41, 5.74) is 0.857. The van der Waals surface area contributed by atoms with Crippen molar-refractivity contribution in [3.05, 3.63) is 59.2 Å². The summed E-state index contributed by atoms with van der Waals surface area (Å²) in [4.78, 5) is 27.8. The standard InChI is InChI=1S/C26H31NO7/c1-16(2)34-14-8-13-27-23(18-9-6-7-10-20(18)32-4)22(25(29)26(27)30)24(28)19-12-11-17(31-3)15-21(19)33-5/h6-7,9-12,15-16,23,28H,8,13-14H2,1-5H3/b24-22+. The summed E-state index contributed by atoms with van der Waals surface area (Å²) in [5.74, 6) is -0.432. The molecule has 0 bridgehead atoms. The van der Waals surface area contributed by atoms with Crippen molar-refractivity contribution in [1.82, 2.24) is 4.90 Å². The first-order valence-corrected chi connectivity index (χ1v) is 11.1. The number of carbonyl (C=O) groups is 2. The lowest BCUT2D eigenvalue weighted by atomic mass is 9.94. The second-order valence-electron chi connectivity index (χ2n) is 8.07. The molecule has 1 unspecified atom stereocenters. The van der Waals surface area contributed by atoms with Gasteiger partial charge in [-0.15, -0.1) is 0 Å². The fraction of sp³-hybridized carbons (Fsp3) is 0.385. The molecule has 2 aromatic rings. The van der Waals surface area contributed by atoms with Crippen molar-refractivity contribution in [3.63, 3.8) is 0 Å². The first-order valence-electron chi connectivity index (χ1n) is 11.1. The second-order valence-corrected chi connectivity index (χ2v) is 8.07. The maximum atomic E-state index is 13.2. The van der Waals surface area contributed by atoms with Gasteiger partial charge in [-0.1, -0.05) is 18.2 Å². The molecular formula is C26H31NO7. The molecule has 1 N–H and O–H groups in total. The molecule has 8 heteroatoms. The summed E-state index contributed by atoms with van der Waals surface area (Å²) in [6.07, 6.45) is 0.589. The molecule has 0 aromatic heterocycles. The van der Waals surface area contributed by atoms with Crippen LogP contribution in [0.1, 0.15) is 37.4 Å². The molecular weight excluding hydrogens is 438 g/mol. The molecule has 0 radical (unpaired) electrons. The van der Waals surface area contributed by atoms with Gasteiger partial charge in [0.2, 0.25) is 0 Å². The predicted octanol–water partition coefficient (Wildman–Crippen LogP) is 3.95. The third-order valence-electron chi connectivity index (χ3n) is 5.63. The quantitative estimate of drug-likeness (QED) is 0.244. The summed E-state index contributed by atoms with van der Waals surface area (Å²) in [6.45, 7) is 4.58. The molecule has 0 saturated carbocycles. The van der Waals surface area contributed by atoms with E-state index in [1.54, 1.807) is 42.5 Å². The molecule has 1 fully saturated rings. The molecule has 1 heterocycles. The van der Waals surface area contributed by atoms with Crippen LogP contribution in [-0.2, 0) is 14.3 Å². The highest BCUT2D eigenvalue weighted by Crippen LogP contribution is 2.44. The highest BCUT2D eigenvalue weighted by molar-refractivity contribution is 6.46. The average molecular weight is 470 g/mol. The number of carbonyl (C=O) groups excluding carboxylic acids is 2. The van der Waals surface area contributed by atoms with Gasteiger partial charge in [0.05, 0.1) is 44.6 Å². The SMILES string of the molecule is COc1ccc(/C(O)=C2\C(=O)C(=O)N(CCCOC(C)C)C2c2ccccc2OC)c(OC)c1. The number of Topliss-reactive ketones (excluding diaryl/α,β-unsaturated/α-hetero) is 1. The summed E-state index contributed by atoms with van der Waals surface area (Å²) in [7, 11) is 4.50. The number of hydrogen-bond donors (Lipinski definition) is 1. The summed E-state index contributed by atoms with van der Waals surface area (Å²) < 4.78 is 21.8. The Morgan fingerprint density at radius 3 is 2.35 bits per heavy atom. The minimum Gasteiger partial charge on any atom is -0.507 e. The molecule has 2 aromatic carbocycles. The normalized spacial score (nSPS) is 17.4. The van der Waals surface area contributed by atoms with Gasteiger partial charge in [-0.25, -0.2) is 0 Å². The maximum absolute atomic E-state index is 13.2. The molecule has 34 heavy (non-hydrogen) atoms. The number of benzene rings is 2. The monoisotopic (exact) mass is 469 g/mol. The van der Waals surface area contributed by atoms with E-state index < -0.39 is 17.7 Å². The summed E-state index contributed by atoms with van der Waals surface area (Å²) in [6, 6.07) is 11.2. The van der Waals surface area contributed by atoms with Crippen LogP contribution in [0.25, 0.3) is 5.76 Å². The maximum Gasteiger partial charge on any atom is 0.295 e. The Hall–Kier alpha value is -3.52. The average Bonchev–Trinajstić information content (AvgIpc) is 3.10. The van der Waals surface area contributed by atoms with Gasteiger partial charge in [0.1, 0.15) is 23.0 Å². The molecule has 1 aliphatic rings. The lowest BCUT2D eigenvalue weighted by Crippen LogP contribution is -2.31. The van der Waals surface area contributed by atoms with Gasteiger partial charge >= 0.3 is 0 Å². The number of aliphatic hydroxyl groups excluding tert-OH is 1. The van der Waals surface area contributed by atoms with Crippen molar-refractivity contribution in [2.75, 3.05) is 34.5 Å². The Kier molecular flexibility index (Phi) is 8.17. The van der Waals surface area contributed by atoms with Crippen LogP contribution in [-0.4, -0.2) is 62.3 Å². The molecule has 3 rings (SSSR count). The summed E-state index contributed by atoms with van der Waals surface area (Å²) in [5, 5.41) is 11.3. The van der Waals surface area contributed by atoms with E-state index in [9.17, 15) is 14.7 Å². The van der Waals surface area contributed by atoms with Gasteiger partial charge in [-0.3, -0.25) is 9.59 Å². The van der Waals surface area contributed by atoms with Crippen LogP contribution in [0.3, 0.4) is 0 Å². The van der Waals surface area contributed by atoms with Crippen LogP contribution < -0.4 is 14.2 Å². The number of ketones is 1. The van der Waals surface area contributed by atoms with E-state index in [0.29, 0.717) is 35.8 Å². The van der Waals surface area contributed by atoms with Gasteiger partial charge < -0.3 is 29.0 Å². The number of aliphatic hydroxyl groups is 1. The molecule has 0 spiro atoms. The van der Waals surface area contributed by atoms with Gasteiger partial charge in [0.25, 0.3) is 11.7 Å². The van der Waals surface area contributed by atoms with Gasteiger partial charge in [-0.05, 0) is 38.5 Å². The molecule has 1 amide bonds. The molecule has 8 nitrogen and oxygen atoms in total. The number of hydrogen-bond acceptors (Lipinski definition) is 7. The predicted molar refractivity (Wildman–Crippen MR) is 127 cm³/mol. The molecule has 1 saturated heterocycles. The zero-order valence-electron chi connectivity index (χ0n) is 20.2. The zero-order valence-corrected chi connectivity index (χ0v) is 20.2. The smallest absolute Gasteiger partial charge is 0.295 e. The molecule has 182 valence electrons. The fourth-order valence-corrected chi connectivity index (χ4v) is 4.02. The Balaban J connectivity index is 2.14. The van der Waals surface area contributed by atoms with Crippen molar-refractivity contribution in [1.29, 1.82) is 0 Å². The number of rotatable bonds is 10. The fourth-order valence-electron chi connectivity index (χ4n) is 4.02. The van der Waals surface area contributed by atoms with Crippen LogP contribution in [0.15, 0.2) is 48.0 Å². The number of nitrogens with zero attached hydrogens (tertiary/aromatic N) is 1. The number of ether oxygens (including phenoxy) is 4. The summed E-state index contributed by atoms with van der Waals surface area (Å²) >= 11 is 0. The Morgan fingerprint density at radius 1 is 1.00 bits per heavy atom. The van der Waals surface area contributed by atoms with Crippen LogP contribution in [0, 0.1) is 0 Å². The Labute approximate surface area is 199 Å². The second kappa shape index (κ2) is 11.1. The van der Waals surface area contributed by atoms with Crippen molar-refractivity contribution in [3.8, 4) is 17.2 Å². The van der Waals surface area contributed by atoms with E-state index in [0.717, 1.165) is 0 Å². The van der Waals surface area contributed by atoms with E-state index in [1.165, 1.54) is 26.2 Å². The third-order valence-corrected chi connectivity index (χ3v) is 5.63. The third kappa shape index (κ3) is 5.02. The van der Waals surface area contributed by atoms with E-state index >= 15 is 0 Å². The van der Waals surface area contributed by atoms with E-state index in [-0.39, 0.29) is 29.5 Å². The number of para-hydroxylation sites is 1. The minimum absolute atomic E-state index is 0.0252. The first kappa shape index (κ1) is 25.1. The Morgan fingerprint density at radius 2 is 1.71 bits per heavy atom. The lowest BCUT2D eigenvalue weighted by molar-refractivity contribution is -0.140. The highest BCUT2D eigenvalue weighted by atomic mass is 16.5. The van der Waals surface area contributed by atoms with E-state index in [2.05, 4.69) is 0 Å². The topological polar surface area (TPSA) is 94.5 Å². The zero-order chi connectivity index (χ0) is 24.8. The van der Waals surface area contributed by atoms with Gasteiger partial charge in [0, 0.05) is 24.8 Å². The van der Waals surface area contributed by atoms with Gasteiger partial charge in [-0.2, -0.15) is 0 Å². The van der Waals surface area contributed by atoms with Crippen molar-refractivity contribution >= 4 is 17.4 Å². The lowest BCUT2D eigenvalue weighted by Gasteiger charge is -2.26. The first-order chi connectivity index (χ1) is 16.3. The van der Waals surface area contributed by atoms with Crippen molar-refractivity contribution < 1.29 is 33.6 Å². The molecule has 1 aliphatic heterocycles. The van der Waals surface area contributed by atoms with Crippen LogP contribution in [0.5, 0.6) is 17.2 Å². The number of likely N-dealkylation sites (tertiary alicyclic amines) is 1. The Bertz CT molecular complexity index is 1080. The van der Waals surface area contributed by atoms with Crippen molar-refractivity contribution in [2.45, 2.75) is 32.4 Å². The molecule has 1 atom stereocenters. The van der Waals surface area contributed by atoms with Crippen molar-refractivity contribution in [2.24, 2.45) is 0 Å². The molecule has 0 aliphatic carbocycles. The van der Waals surface area contributed by atoms with Crippen LogP contribution >= 0.6 is 0 Å².